The molecular weight excluding hydrogens is 388 g/mol. The summed E-state index contributed by atoms with van der Waals surface area (Å²) in [5.74, 6) is -1.85. The second-order valence-electron chi connectivity index (χ2n) is 8.62. The summed E-state index contributed by atoms with van der Waals surface area (Å²) >= 11 is 0. The van der Waals surface area contributed by atoms with Gasteiger partial charge in [-0.1, -0.05) is 66.2 Å². The maximum Gasteiger partial charge on any atom is 0.239 e. The third-order valence-corrected chi connectivity index (χ3v) is 7.24. The average molecular weight is 408 g/mol. The smallest absolute Gasteiger partial charge is 0.239 e. The van der Waals surface area contributed by atoms with Crippen LogP contribution in [0.1, 0.15) is 33.7 Å². The van der Waals surface area contributed by atoms with Gasteiger partial charge in [0, 0.05) is 5.92 Å². The molecule has 152 valence electrons. The van der Waals surface area contributed by atoms with Gasteiger partial charge in [-0.05, 0) is 41.3 Å². The van der Waals surface area contributed by atoms with E-state index in [9.17, 15) is 14.8 Å². The summed E-state index contributed by atoms with van der Waals surface area (Å²) in [5, 5.41) is 13.2. The first-order valence-electron chi connectivity index (χ1n) is 10.4. The molecule has 5 nitrogen and oxygen atoms in total. The molecule has 2 amide bonds. The Morgan fingerprint density at radius 1 is 0.871 bits per heavy atom. The van der Waals surface area contributed by atoms with Gasteiger partial charge in [0.2, 0.25) is 11.8 Å². The van der Waals surface area contributed by atoms with Crippen molar-refractivity contribution in [1.29, 1.82) is 0 Å². The van der Waals surface area contributed by atoms with Gasteiger partial charge in [-0.3, -0.25) is 9.59 Å². The molecule has 0 saturated carbocycles. The second kappa shape index (κ2) is 6.14. The van der Waals surface area contributed by atoms with E-state index in [-0.39, 0.29) is 17.7 Å². The zero-order valence-corrected chi connectivity index (χ0v) is 16.9. The summed E-state index contributed by atoms with van der Waals surface area (Å²) in [4.78, 5) is 29.0. The van der Waals surface area contributed by atoms with Gasteiger partial charge in [0.1, 0.15) is 0 Å². The molecule has 3 aromatic rings. The Labute approximate surface area is 179 Å². The van der Waals surface area contributed by atoms with Crippen molar-refractivity contribution in [3.63, 3.8) is 0 Å². The second-order valence-corrected chi connectivity index (χ2v) is 8.62. The molecule has 1 aliphatic heterocycles. The highest BCUT2D eigenvalue weighted by atomic mass is 16.4. The highest BCUT2D eigenvalue weighted by molar-refractivity contribution is 6.25. The van der Waals surface area contributed by atoms with E-state index < -0.39 is 17.3 Å². The molecule has 1 N–H and O–H groups in total. The van der Waals surface area contributed by atoms with Gasteiger partial charge in [-0.15, -0.1) is 5.16 Å². The number of hydrogen-bond acceptors (Lipinski definition) is 4. The van der Waals surface area contributed by atoms with Crippen molar-refractivity contribution in [2.45, 2.75) is 18.3 Å². The zero-order valence-electron chi connectivity index (χ0n) is 16.9. The van der Waals surface area contributed by atoms with Crippen molar-refractivity contribution in [2.24, 2.45) is 17.0 Å². The van der Waals surface area contributed by atoms with Crippen LogP contribution in [0.5, 0.6) is 0 Å². The molecule has 2 unspecified atom stereocenters. The lowest BCUT2D eigenvalue weighted by Crippen LogP contribution is -2.54. The number of hydrogen-bond donors (Lipinski definition) is 1. The largest absolute Gasteiger partial charge is 0.411 e. The summed E-state index contributed by atoms with van der Waals surface area (Å²) in [6.45, 7) is 1.97. The Kier molecular flexibility index (Phi) is 3.58. The Hall–Kier alpha value is -3.73. The van der Waals surface area contributed by atoms with Crippen LogP contribution in [0, 0.1) is 18.8 Å². The van der Waals surface area contributed by atoms with E-state index in [0.717, 1.165) is 27.8 Å². The molecule has 7 rings (SSSR count). The fourth-order valence-corrected chi connectivity index (χ4v) is 6.09. The number of anilines is 1. The molecule has 3 aromatic carbocycles. The fraction of sp³-hybridized carbons (Fsp3) is 0.192. The van der Waals surface area contributed by atoms with Crippen LogP contribution in [0.25, 0.3) is 0 Å². The van der Waals surface area contributed by atoms with Crippen LogP contribution in [0.15, 0.2) is 78.0 Å². The topological polar surface area (TPSA) is 70.0 Å². The molecule has 1 saturated heterocycles. The summed E-state index contributed by atoms with van der Waals surface area (Å²) in [5.41, 5.74) is 4.56. The number of carbonyl (C=O) groups excluding carboxylic acids is 2. The zero-order chi connectivity index (χ0) is 21.3. The molecule has 31 heavy (non-hydrogen) atoms. The van der Waals surface area contributed by atoms with Gasteiger partial charge >= 0.3 is 0 Å². The van der Waals surface area contributed by atoms with Crippen LogP contribution in [0.4, 0.5) is 5.69 Å². The molecular formula is C26H20N2O3. The maximum absolute atomic E-state index is 13.9. The van der Waals surface area contributed by atoms with Crippen LogP contribution in [-0.2, 0) is 15.0 Å². The summed E-state index contributed by atoms with van der Waals surface area (Å²) in [6, 6.07) is 23.3. The Balaban J connectivity index is 1.66. The van der Waals surface area contributed by atoms with Crippen molar-refractivity contribution in [2.75, 3.05) is 4.90 Å². The lowest BCUT2D eigenvalue weighted by Gasteiger charge is -2.52. The number of carbonyl (C=O) groups is 2. The average Bonchev–Trinajstić information content (AvgIpc) is 3.06. The molecule has 0 aromatic heterocycles. The first-order valence-corrected chi connectivity index (χ1v) is 10.4. The highest BCUT2D eigenvalue weighted by Crippen LogP contribution is 2.63. The minimum absolute atomic E-state index is 0.191. The quantitative estimate of drug-likeness (QED) is 0.302. The summed E-state index contributed by atoms with van der Waals surface area (Å²) < 4.78 is 0. The highest BCUT2D eigenvalue weighted by Gasteiger charge is 2.68. The van der Waals surface area contributed by atoms with E-state index in [4.69, 9.17) is 0 Å². The fourth-order valence-electron chi connectivity index (χ4n) is 6.09. The number of imide groups is 1. The van der Waals surface area contributed by atoms with Crippen molar-refractivity contribution in [3.05, 3.63) is 101 Å². The minimum Gasteiger partial charge on any atom is -0.411 e. The van der Waals surface area contributed by atoms with E-state index in [1.807, 2.05) is 79.7 Å². The normalized spacial score (nSPS) is 28.0. The predicted molar refractivity (Wildman–Crippen MR) is 116 cm³/mol. The Morgan fingerprint density at radius 2 is 1.45 bits per heavy atom. The molecule has 2 bridgehead atoms. The van der Waals surface area contributed by atoms with E-state index in [0.29, 0.717) is 5.69 Å². The monoisotopic (exact) mass is 408 g/mol. The number of amides is 2. The maximum atomic E-state index is 13.9. The SMILES string of the molecule is Cc1ccc(N2C(=O)C3C4c5ccccc5C(/C=N/O)(c5ccccc54)C3C2=O)cc1. The Bertz CT molecular complexity index is 1230. The molecule has 3 aliphatic carbocycles. The number of aryl methyl sites for hydroxylation is 1. The third kappa shape index (κ3) is 2.08. The van der Waals surface area contributed by atoms with E-state index in [1.165, 1.54) is 11.1 Å². The summed E-state index contributed by atoms with van der Waals surface area (Å²) in [6.07, 6.45) is 1.46. The van der Waals surface area contributed by atoms with Gasteiger partial charge in [-0.2, -0.15) is 0 Å². The van der Waals surface area contributed by atoms with Crippen LogP contribution < -0.4 is 4.90 Å². The number of nitrogens with zero attached hydrogens (tertiary/aromatic N) is 2. The lowest BCUT2D eigenvalue weighted by atomic mass is 9.47. The van der Waals surface area contributed by atoms with Gasteiger partial charge in [0.25, 0.3) is 0 Å². The van der Waals surface area contributed by atoms with Gasteiger partial charge in [0.05, 0.1) is 29.2 Å². The molecule has 0 spiro atoms. The van der Waals surface area contributed by atoms with E-state index in [1.54, 1.807) is 0 Å². The van der Waals surface area contributed by atoms with E-state index >= 15 is 0 Å². The van der Waals surface area contributed by atoms with Gasteiger partial charge < -0.3 is 5.21 Å². The molecule has 0 radical (unpaired) electrons. The predicted octanol–water partition coefficient (Wildman–Crippen LogP) is 4.01. The minimum atomic E-state index is -0.993. The van der Waals surface area contributed by atoms with Crippen LogP contribution in [-0.4, -0.2) is 23.2 Å². The van der Waals surface area contributed by atoms with Crippen LogP contribution in [0.3, 0.4) is 0 Å². The van der Waals surface area contributed by atoms with Gasteiger partial charge in [-0.25, -0.2) is 4.90 Å². The van der Waals surface area contributed by atoms with Crippen molar-refractivity contribution in [1.82, 2.24) is 0 Å². The van der Waals surface area contributed by atoms with Gasteiger partial charge in [0.15, 0.2) is 0 Å². The standard InChI is InChI=1S/C26H20N2O3/c1-15-10-12-16(13-11-15)28-24(29)22-21-17-6-2-4-8-19(17)26(14-27-31,23(22)25(28)30)20-9-5-3-7-18(20)21/h2-14,21-23,31H,1H3/b27-14+. The Morgan fingerprint density at radius 3 is 2.03 bits per heavy atom. The number of oxime groups is 1. The van der Waals surface area contributed by atoms with Crippen molar-refractivity contribution < 1.29 is 14.8 Å². The lowest BCUT2D eigenvalue weighted by molar-refractivity contribution is -0.122. The molecule has 2 atom stereocenters. The van der Waals surface area contributed by atoms with Crippen LogP contribution in [0.2, 0.25) is 0 Å². The van der Waals surface area contributed by atoms with E-state index in [2.05, 4.69) is 5.16 Å². The molecule has 4 aliphatic rings. The van der Waals surface area contributed by atoms with Crippen molar-refractivity contribution in [3.8, 4) is 0 Å². The summed E-state index contributed by atoms with van der Waals surface area (Å²) in [7, 11) is 0. The third-order valence-electron chi connectivity index (χ3n) is 7.24. The number of rotatable bonds is 2. The molecule has 5 heteroatoms. The number of benzene rings is 3. The first kappa shape index (κ1) is 18.1. The van der Waals surface area contributed by atoms with Crippen LogP contribution >= 0.6 is 0 Å². The molecule has 1 heterocycles. The first-order chi connectivity index (χ1) is 15.1. The van der Waals surface area contributed by atoms with Crippen molar-refractivity contribution >= 4 is 23.7 Å². The molecule has 1 fully saturated rings.